The van der Waals surface area contributed by atoms with E-state index in [1.165, 1.54) is 45.2 Å². The molecule has 2 rings (SSSR count). The van der Waals surface area contributed by atoms with Gasteiger partial charge in [0.05, 0.1) is 0 Å². The summed E-state index contributed by atoms with van der Waals surface area (Å²) in [5, 5.41) is 0. The Labute approximate surface area is 80.1 Å². The molecule has 0 aliphatic carbocycles. The third-order valence-electron chi connectivity index (χ3n) is 3.43. The fourth-order valence-electron chi connectivity index (χ4n) is 2.76. The van der Waals surface area contributed by atoms with E-state index in [0.717, 1.165) is 17.8 Å². The van der Waals surface area contributed by atoms with Crippen molar-refractivity contribution in [2.45, 2.75) is 38.1 Å². The first kappa shape index (κ1) is 8.83. The molecule has 0 spiro atoms. The van der Waals surface area contributed by atoms with Crippen LogP contribution in [-0.2, 0) is 0 Å². The SMILES string of the molecule is ClC[C@@H]1CCCN2CCCC[C@H]12. The third-order valence-corrected chi connectivity index (χ3v) is 3.82. The van der Waals surface area contributed by atoms with Crippen LogP contribution in [0.15, 0.2) is 0 Å². The van der Waals surface area contributed by atoms with E-state index in [4.69, 9.17) is 11.6 Å². The highest BCUT2D eigenvalue weighted by atomic mass is 35.5. The molecule has 0 aromatic heterocycles. The van der Waals surface area contributed by atoms with E-state index >= 15 is 0 Å². The minimum absolute atomic E-state index is 0.792. The highest BCUT2D eigenvalue weighted by molar-refractivity contribution is 6.18. The lowest BCUT2D eigenvalue weighted by atomic mass is 9.85. The van der Waals surface area contributed by atoms with Gasteiger partial charge in [-0.05, 0) is 44.7 Å². The van der Waals surface area contributed by atoms with Crippen molar-refractivity contribution in [1.29, 1.82) is 0 Å². The normalized spacial score (nSPS) is 37.8. The van der Waals surface area contributed by atoms with Gasteiger partial charge >= 0.3 is 0 Å². The highest BCUT2D eigenvalue weighted by Gasteiger charge is 2.31. The summed E-state index contributed by atoms with van der Waals surface area (Å²) in [7, 11) is 0. The van der Waals surface area contributed by atoms with Gasteiger partial charge in [-0.1, -0.05) is 6.42 Å². The third kappa shape index (κ3) is 1.62. The number of fused-ring (bicyclic) bond motifs is 1. The highest BCUT2D eigenvalue weighted by Crippen LogP contribution is 2.31. The summed E-state index contributed by atoms with van der Waals surface area (Å²) in [6.07, 6.45) is 6.97. The summed E-state index contributed by atoms with van der Waals surface area (Å²) in [6, 6.07) is 0.838. The monoisotopic (exact) mass is 187 g/mol. The molecule has 0 bridgehead atoms. The summed E-state index contributed by atoms with van der Waals surface area (Å²) in [4.78, 5) is 2.67. The minimum Gasteiger partial charge on any atom is -0.300 e. The van der Waals surface area contributed by atoms with Crippen molar-refractivity contribution >= 4 is 11.6 Å². The zero-order valence-corrected chi connectivity index (χ0v) is 8.39. The first-order valence-electron chi connectivity index (χ1n) is 5.22. The van der Waals surface area contributed by atoms with Gasteiger partial charge in [0.15, 0.2) is 0 Å². The molecule has 2 aliphatic heterocycles. The lowest BCUT2D eigenvalue weighted by Crippen LogP contribution is -2.48. The molecule has 0 aromatic rings. The molecular weight excluding hydrogens is 170 g/mol. The van der Waals surface area contributed by atoms with Gasteiger partial charge in [-0.3, -0.25) is 0 Å². The van der Waals surface area contributed by atoms with Crippen molar-refractivity contribution in [3.8, 4) is 0 Å². The van der Waals surface area contributed by atoms with Crippen LogP contribution in [0.3, 0.4) is 0 Å². The average Bonchev–Trinajstić information content (AvgIpc) is 2.17. The Morgan fingerprint density at radius 3 is 2.75 bits per heavy atom. The summed E-state index contributed by atoms with van der Waals surface area (Å²) in [5.41, 5.74) is 0. The average molecular weight is 188 g/mol. The summed E-state index contributed by atoms with van der Waals surface area (Å²) < 4.78 is 0. The second-order valence-electron chi connectivity index (χ2n) is 4.16. The van der Waals surface area contributed by atoms with Gasteiger partial charge in [-0.25, -0.2) is 0 Å². The smallest absolute Gasteiger partial charge is 0.0266 e. The van der Waals surface area contributed by atoms with Gasteiger partial charge in [-0.15, -0.1) is 11.6 Å². The Hall–Kier alpha value is 0.250. The van der Waals surface area contributed by atoms with E-state index in [9.17, 15) is 0 Å². The number of rotatable bonds is 1. The van der Waals surface area contributed by atoms with Crippen LogP contribution >= 0.6 is 11.6 Å². The van der Waals surface area contributed by atoms with E-state index in [0.29, 0.717) is 0 Å². The molecule has 0 saturated carbocycles. The standard InChI is InChI=1S/C10H18ClN/c11-8-9-4-3-7-12-6-2-1-5-10(9)12/h9-10H,1-8H2/t9-,10+/m0/s1. The Bertz CT molecular complexity index is 140. The molecule has 2 heterocycles. The Kier molecular flexibility index (Phi) is 2.92. The van der Waals surface area contributed by atoms with Gasteiger partial charge in [0, 0.05) is 11.9 Å². The van der Waals surface area contributed by atoms with Crippen molar-refractivity contribution in [1.82, 2.24) is 4.90 Å². The number of halogens is 1. The number of hydrogen-bond acceptors (Lipinski definition) is 1. The van der Waals surface area contributed by atoms with Crippen LogP contribution in [0.4, 0.5) is 0 Å². The van der Waals surface area contributed by atoms with Gasteiger partial charge in [0.2, 0.25) is 0 Å². The molecule has 0 radical (unpaired) electrons. The van der Waals surface area contributed by atoms with E-state index in [1.54, 1.807) is 0 Å². The van der Waals surface area contributed by atoms with Crippen molar-refractivity contribution in [2.75, 3.05) is 19.0 Å². The van der Waals surface area contributed by atoms with Crippen LogP contribution in [0.5, 0.6) is 0 Å². The molecule has 0 unspecified atom stereocenters. The lowest BCUT2D eigenvalue weighted by Gasteiger charge is -2.43. The van der Waals surface area contributed by atoms with Crippen LogP contribution in [0.1, 0.15) is 32.1 Å². The molecule has 0 aromatic carbocycles. The van der Waals surface area contributed by atoms with Crippen molar-refractivity contribution in [3.63, 3.8) is 0 Å². The predicted octanol–water partition coefficient (Wildman–Crippen LogP) is 2.49. The summed E-state index contributed by atoms with van der Waals surface area (Å²) >= 11 is 5.97. The Balaban J connectivity index is 1.99. The summed E-state index contributed by atoms with van der Waals surface area (Å²) in [6.45, 7) is 2.66. The van der Waals surface area contributed by atoms with Crippen LogP contribution in [0.2, 0.25) is 0 Å². The molecule has 2 fully saturated rings. The fraction of sp³-hybridized carbons (Fsp3) is 1.00. The van der Waals surface area contributed by atoms with E-state index in [2.05, 4.69) is 4.90 Å². The van der Waals surface area contributed by atoms with Crippen LogP contribution in [0.25, 0.3) is 0 Å². The molecule has 2 aliphatic rings. The summed E-state index contributed by atoms with van der Waals surface area (Å²) in [5.74, 6) is 1.67. The van der Waals surface area contributed by atoms with Gasteiger partial charge in [-0.2, -0.15) is 0 Å². The molecule has 70 valence electrons. The number of nitrogens with zero attached hydrogens (tertiary/aromatic N) is 1. The number of alkyl halides is 1. The Morgan fingerprint density at radius 2 is 1.92 bits per heavy atom. The molecule has 0 N–H and O–H groups in total. The maximum Gasteiger partial charge on any atom is 0.0266 e. The molecule has 2 saturated heterocycles. The van der Waals surface area contributed by atoms with Crippen molar-refractivity contribution in [3.05, 3.63) is 0 Å². The maximum atomic E-state index is 5.97. The van der Waals surface area contributed by atoms with Gasteiger partial charge in [0.1, 0.15) is 0 Å². The zero-order valence-electron chi connectivity index (χ0n) is 7.64. The first-order valence-corrected chi connectivity index (χ1v) is 5.75. The van der Waals surface area contributed by atoms with Crippen LogP contribution < -0.4 is 0 Å². The quantitative estimate of drug-likeness (QED) is 0.571. The predicted molar refractivity (Wildman–Crippen MR) is 52.7 cm³/mol. The molecule has 1 nitrogen and oxygen atoms in total. The Morgan fingerprint density at radius 1 is 1.08 bits per heavy atom. The van der Waals surface area contributed by atoms with E-state index < -0.39 is 0 Å². The first-order chi connectivity index (χ1) is 5.92. The minimum atomic E-state index is 0.792. The molecule has 12 heavy (non-hydrogen) atoms. The van der Waals surface area contributed by atoms with E-state index in [1.807, 2.05) is 0 Å². The van der Waals surface area contributed by atoms with Crippen molar-refractivity contribution < 1.29 is 0 Å². The maximum absolute atomic E-state index is 5.97. The van der Waals surface area contributed by atoms with Crippen LogP contribution in [-0.4, -0.2) is 29.9 Å². The topological polar surface area (TPSA) is 3.24 Å². The number of hydrogen-bond donors (Lipinski definition) is 0. The second-order valence-corrected chi connectivity index (χ2v) is 4.46. The lowest BCUT2D eigenvalue weighted by molar-refractivity contribution is 0.0688. The van der Waals surface area contributed by atoms with Crippen molar-refractivity contribution in [2.24, 2.45) is 5.92 Å². The largest absolute Gasteiger partial charge is 0.300 e. The van der Waals surface area contributed by atoms with E-state index in [-0.39, 0.29) is 0 Å². The number of piperidine rings is 2. The molecule has 0 amide bonds. The molecule has 2 heteroatoms. The van der Waals surface area contributed by atoms with Gasteiger partial charge in [0.25, 0.3) is 0 Å². The van der Waals surface area contributed by atoms with Crippen LogP contribution in [0, 0.1) is 5.92 Å². The van der Waals surface area contributed by atoms with Gasteiger partial charge < -0.3 is 4.90 Å². The fourth-order valence-corrected chi connectivity index (χ4v) is 3.12. The second kappa shape index (κ2) is 3.97. The molecule has 2 atom stereocenters. The zero-order chi connectivity index (χ0) is 8.39. The molecular formula is C10H18ClN.